The molecule has 28 heavy (non-hydrogen) atoms. The Morgan fingerprint density at radius 3 is 2.61 bits per heavy atom. The summed E-state index contributed by atoms with van der Waals surface area (Å²) in [4.78, 5) is 24.0. The van der Waals surface area contributed by atoms with Gasteiger partial charge < -0.3 is 10.1 Å². The molecule has 0 unspecified atom stereocenters. The summed E-state index contributed by atoms with van der Waals surface area (Å²) in [6.07, 6.45) is 1.56. The molecule has 2 amide bonds. The zero-order valence-corrected chi connectivity index (χ0v) is 17.0. The third-order valence-electron chi connectivity index (χ3n) is 3.91. The van der Waals surface area contributed by atoms with Crippen LogP contribution in [0.5, 0.6) is 5.75 Å². The molecule has 2 aromatic carbocycles. The number of hydrazone groups is 1. The molecule has 0 atom stereocenters. The van der Waals surface area contributed by atoms with Gasteiger partial charge in [-0.25, -0.2) is 5.43 Å². The molecule has 0 aliphatic heterocycles. The average Bonchev–Trinajstić information content (AvgIpc) is 2.65. The van der Waals surface area contributed by atoms with E-state index in [1.165, 1.54) is 6.21 Å². The van der Waals surface area contributed by atoms with Crippen LogP contribution in [-0.4, -0.2) is 24.6 Å². The Bertz CT molecular complexity index is 881. The van der Waals surface area contributed by atoms with Gasteiger partial charge in [0.25, 0.3) is 0 Å². The molecule has 0 bridgehead atoms. The van der Waals surface area contributed by atoms with Crippen molar-refractivity contribution in [1.82, 2.24) is 5.43 Å². The van der Waals surface area contributed by atoms with Gasteiger partial charge in [0.05, 0.1) is 12.8 Å². The summed E-state index contributed by atoms with van der Waals surface area (Å²) in [6.45, 7) is 6.26. The normalized spacial score (nSPS) is 10.7. The summed E-state index contributed by atoms with van der Waals surface area (Å²) in [5.74, 6) is 0.0476. The van der Waals surface area contributed by atoms with E-state index in [2.05, 4.69) is 15.8 Å². The molecule has 0 saturated carbocycles. The third-order valence-corrected chi connectivity index (χ3v) is 4.15. The highest BCUT2D eigenvalue weighted by Crippen LogP contribution is 2.21. The highest BCUT2D eigenvalue weighted by Gasteiger charge is 2.09. The summed E-state index contributed by atoms with van der Waals surface area (Å²) in [5.41, 5.74) is 5.85. The summed E-state index contributed by atoms with van der Waals surface area (Å²) < 4.78 is 5.49. The Kier molecular flexibility index (Phi) is 8.02. The van der Waals surface area contributed by atoms with Crippen molar-refractivity contribution in [3.63, 3.8) is 0 Å². The molecule has 0 saturated heterocycles. The minimum atomic E-state index is -0.354. The summed E-state index contributed by atoms with van der Waals surface area (Å²) in [5, 5.41) is 7.29. The highest BCUT2D eigenvalue weighted by molar-refractivity contribution is 6.30. The first-order valence-corrected chi connectivity index (χ1v) is 9.38. The van der Waals surface area contributed by atoms with Gasteiger partial charge in [-0.05, 0) is 56.2 Å². The fourth-order valence-corrected chi connectivity index (χ4v) is 2.63. The summed E-state index contributed by atoms with van der Waals surface area (Å²) >= 11 is 5.98. The molecule has 0 aliphatic rings. The number of halogens is 1. The second kappa shape index (κ2) is 10.5. The first-order chi connectivity index (χ1) is 13.4. The Morgan fingerprint density at radius 2 is 1.86 bits per heavy atom. The number of carbonyl (C=O) groups is 2. The second-order valence-electron chi connectivity index (χ2n) is 6.27. The average molecular weight is 402 g/mol. The number of hydrogen-bond donors (Lipinski definition) is 2. The first kappa shape index (κ1) is 21.4. The molecule has 7 heteroatoms. The Hall–Kier alpha value is -2.86. The number of carbonyl (C=O) groups excluding carboxylic acids is 2. The number of amides is 2. The van der Waals surface area contributed by atoms with E-state index >= 15 is 0 Å². The fourth-order valence-electron chi connectivity index (χ4n) is 2.45. The van der Waals surface area contributed by atoms with E-state index in [-0.39, 0.29) is 24.7 Å². The molecule has 0 aromatic heterocycles. The summed E-state index contributed by atoms with van der Waals surface area (Å²) in [7, 11) is 0. The zero-order chi connectivity index (χ0) is 20.5. The molecule has 148 valence electrons. The first-order valence-electron chi connectivity index (χ1n) is 9.00. The quantitative estimate of drug-likeness (QED) is 0.513. The van der Waals surface area contributed by atoms with Gasteiger partial charge in [0.2, 0.25) is 11.8 Å². The lowest BCUT2D eigenvalue weighted by Crippen LogP contribution is -2.21. The standard InChI is InChI=1S/C21H24ClN3O3/c1-4-28-19-8-7-17(22)12-16(19)13-23-25-21(27)10-9-20(26)24-18-11-14(2)5-6-15(18)3/h5-8,11-13H,4,9-10H2,1-3H3,(H,24,26)(H,25,27). The van der Waals surface area contributed by atoms with Crippen molar-refractivity contribution in [2.75, 3.05) is 11.9 Å². The van der Waals surface area contributed by atoms with Gasteiger partial charge in [-0.15, -0.1) is 0 Å². The zero-order valence-electron chi connectivity index (χ0n) is 16.2. The van der Waals surface area contributed by atoms with Crippen LogP contribution in [-0.2, 0) is 9.59 Å². The molecule has 2 N–H and O–H groups in total. The van der Waals surface area contributed by atoms with E-state index in [0.717, 1.165) is 16.8 Å². The van der Waals surface area contributed by atoms with Crippen LogP contribution in [0.2, 0.25) is 5.02 Å². The molecule has 0 heterocycles. The van der Waals surface area contributed by atoms with Crippen LogP contribution in [0.25, 0.3) is 0 Å². The van der Waals surface area contributed by atoms with Crippen molar-refractivity contribution < 1.29 is 14.3 Å². The van der Waals surface area contributed by atoms with E-state index in [1.54, 1.807) is 18.2 Å². The minimum absolute atomic E-state index is 0.0297. The predicted octanol–water partition coefficient (Wildman–Crippen LogP) is 4.22. The van der Waals surface area contributed by atoms with Gasteiger partial charge in [-0.3, -0.25) is 9.59 Å². The van der Waals surface area contributed by atoms with Gasteiger partial charge in [-0.1, -0.05) is 23.7 Å². The lowest BCUT2D eigenvalue weighted by molar-refractivity contribution is -0.124. The molecule has 6 nitrogen and oxygen atoms in total. The lowest BCUT2D eigenvalue weighted by Gasteiger charge is -2.09. The van der Waals surface area contributed by atoms with Crippen LogP contribution in [0.15, 0.2) is 41.5 Å². The van der Waals surface area contributed by atoms with Crippen molar-refractivity contribution in [3.8, 4) is 5.75 Å². The molecule has 0 spiro atoms. The Labute approximate surface area is 169 Å². The number of aryl methyl sites for hydroxylation is 2. The van der Waals surface area contributed by atoms with Crippen LogP contribution in [0.4, 0.5) is 5.69 Å². The molecular formula is C21H24ClN3O3. The van der Waals surface area contributed by atoms with Crippen molar-refractivity contribution in [2.45, 2.75) is 33.6 Å². The molecule has 0 fully saturated rings. The smallest absolute Gasteiger partial charge is 0.240 e. The predicted molar refractivity (Wildman–Crippen MR) is 112 cm³/mol. The number of nitrogens with zero attached hydrogens (tertiary/aromatic N) is 1. The van der Waals surface area contributed by atoms with Crippen molar-refractivity contribution in [3.05, 3.63) is 58.1 Å². The third kappa shape index (κ3) is 6.70. The van der Waals surface area contributed by atoms with Gasteiger partial charge >= 0.3 is 0 Å². The lowest BCUT2D eigenvalue weighted by atomic mass is 10.1. The maximum atomic E-state index is 12.1. The van der Waals surface area contributed by atoms with Crippen LogP contribution >= 0.6 is 11.6 Å². The fraction of sp³-hybridized carbons (Fsp3) is 0.286. The van der Waals surface area contributed by atoms with E-state index in [0.29, 0.717) is 22.9 Å². The van der Waals surface area contributed by atoms with Crippen LogP contribution in [0, 0.1) is 13.8 Å². The molecular weight excluding hydrogens is 378 g/mol. The van der Waals surface area contributed by atoms with Gasteiger partial charge in [-0.2, -0.15) is 5.10 Å². The van der Waals surface area contributed by atoms with E-state index in [9.17, 15) is 9.59 Å². The van der Waals surface area contributed by atoms with Crippen LogP contribution < -0.4 is 15.5 Å². The maximum Gasteiger partial charge on any atom is 0.240 e. The highest BCUT2D eigenvalue weighted by atomic mass is 35.5. The van der Waals surface area contributed by atoms with E-state index in [4.69, 9.17) is 16.3 Å². The topological polar surface area (TPSA) is 79.8 Å². The number of hydrogen-bond acceptors (Lipinski definition) is 4. The Balaban J connectivity index is 1.84. The molecule has 0 aliphatic carbocycles. The largest absolute Gasteiger partial charge is 0.493 e. The van der Waals surface area contributed by atoms with Crippen molar-refractivity contribution >= 4 is 35.3 Å². The molecule has 0 radical (unpaired) electrons. The SMILES string of the molecule is CCOc1ccc(Cl)cc1C=NNC(=O)CCC(=O)Nc1cc(C)ccc1C. The van der Waals surface area contributed by atoms with Gasteiger partial charge in [0.15, 0.2) is 0 Å². The van der Waals surface area contributed by atoms with Gasteiger partial charge in [0, 0.05) is 29.1 Å². The maximum absolute atomic E-state index is 12.1. The number of rotatable bonds is 8. The van der Waals surface area contributed by atoms with Gasteiger partial charge in [0.1, 0.15) is 5.75 Å². The van der Waals surface area contributed by atoms with Crippen LogP contribution in [0.3, 0.4) is 0 Å². The number of anilines is 1. The van der Waals surface area contributed by atoms with E-state index < -0.39 is 0 Å². The number of benzene rings is 2. The number of ether oxygens (including phenoxy) is 1. The number of nitrogens with one attached hydrogen (secondary N) is 2. The van der Waals surface area contributed by atoms with Crippen molar-refractivity contribution in [1.29, 1.82) is 0 Å². The molecule has 2 aromatic rings. The molecule has 2 rings (SSSR count). The monoisotopic (exact) mass is 401 g/mol. The Morgan fingerprint density at radius 1 is 1.11 bits per heavy atom. The van der Waals surface area contributed by atoms with Crippen LogP contribution in [0.1, 0.15) is 36.5 Å². The summed E-state index contributed by atoms with van der Waals surface area (Å²) in [6, 6.07) is 11.0. The van der Waals surface area contributed by atoms with E-state index in [1.807, 2.05) is 39.0 Å². The minimum Gasteiger partial charge on any atom is -0.493 e. The van der Waals surface area contributed by atoms with Crippen molar-refractivity contribution in [2.24, 2.45) is 5.10 Å². The second-order valence-corrected chi connectivity index (χ2v) is 6.71.